The molecule has 0 amide bonds. The maximum Gasteiger partial charge on any atom is 0.138 e. The van der Waals surface area contributed by atoms with Gasteiger partial charge < -0.3 is 4.90 Å². The summed E-state index contributed by atoms with van der Waals surface area (Å²) in [6.07, 6.45) is 4.04. The van der Waals surface area contributed by atoms with Crippen molar-refractivity contribution in [1.82, 2.24) is 4.90 Å². The SMILES string of the molecule is Cc1ccc(C)c(CC(=O)CC(C#N)CC2CCN(C)CC2)c1. The van der Waals surface area contributed by atoms with E-state index >= 15 is 0 Å². The molecule has 1 aromatic rings. The van der Waals surface area contributed by atoms with Crippen molar-refractivity contribution in [2.24, 2.45) is 11.8 Å². The standard InChI is InChI=1S/C20H28N2O/c1-15-4-5-16(2)19(10-15)13-20(23)12-18(14-21)11-17-6-8-22(3)9-7-17/h4-5,10,17-18H,6-9,11-13H2,1-3H3. The monoisotopic (exact) mass is 312 g/mol. The minimum absolute atomic E-state index is 0.124. The highest BCUT2D eigenvalue weighted by Gasteiger charge is 2.22. The number of carbonyl (C=O) groups is 1. The summed E-state index contributed by atoms with van der Waals surface area (Å²) in [6, 6.07) is 8.60. The Bertz CT molecular complexity index is 580. The molecule has 23 heavy (non-hydrogen) atoms. The van der Waals surface area contributed by atoms with Gasteiger partial charge in [0.15, 0.2) is 0 Å². The van der Waals surface area contributed by atoms with E-state index in [1.54, 1.807) is 0 Å². The van der Waals surface area contributed by atoms with Crippen molar-refractivity contribution >= 4 is 5.78 Å². The van der Waals surface area contributed by atoms with E-state index < -0.39 is 0 Å². The molecule has 0 aliphatic carbocycles. The number of benzene rings is 1. The molecule has 1 heterocycles. The van der Waals surface area contributed by atoms with Crippen molar-refractivity contribution in [2.45, 2.75) is 46.0 Å². The van der Waals surface area contributed by atoms with Crippen molar-refractivity contribution in [1.29, 1.82) is 5.26 Å². The second-order valence-corrected chi connectivity index (χ2v) is 7.16. The summed E-state index contributed by atoms with van der Waals surface area (Å²) in [6.45, 7) is 6.31. The van der Waals surface area contributed by atoms with Crippen molar-refractivity contribution in [3.05, 3.63) is 34.9 Å². The highest BCUT2D eigenvalue weighted by Crippen LogP contribution is 2.25. The van der Waals surface area contributed by atoms with Crippen LogP contribution >= 0.6 is 0 Å². The fourth-order valence-electron chi connectivity index (χ4n) is 3.43. The van der Waals surface area contributed by atoms with Gasteiger partial charge in [-0.3, -0.25) is 4.79 Å². The number of nitriles is 1. The lowest BCUT2D eigenvalue weighted by molar-refractivity contribution is -0.119. The molecule has 1 aromatic carbocycles. The maximum atomic E-state index is 12.4. The molecule has 1 aliphatic heterocycles. The van der Waals surface area contributed by atoms with E-state index in [4.69, 9.17) is 0 Å². The van der Waals surface area contributed by atoms with Crippen LogP contribution in [0.1, 0.15) is 42.4 Å². The van der Waals surface area contributed by atoms with E-state index in [9.17, 15) is 10.1 Å². The largest absolute Gasteiger partial charge is 0.306 e. The van der Waals surface area contributed by atoms with E-state index in [0.29, 0.717) is 18.8 Å². The second kappa shape index (κ2) is 8.26. The van der Waals surface area contributed by atoms with Gasteiger partial charge >= 0.3 is 0 Å². The number of ketones is 1. The maximum absolute atomic E-state index is 12.4. The number of hydrogen-bond acceptors (Lipinski definition) is 3. The van der Waals surface area contributed by atoms with Gasteiger partial charge in [-0.2, -0.15) is 5.26 Å². The van der Waals surface area contributed by atoms with Gasteiger partial charge in [0.25, 0.3) is 0 Å². The molecule has 0 radical (unpaired) electrons. The highest BCUT2D eigenvalue weighted by atomic mass is 16.1. The molecule has 0 N–H and O–H groups in total. The van der Waals surface area contributed by atoms with Gasteiger partial charge in [-0.25, -0.2) is 0 Å². The van der Waals surface area contributed by atoms with Gasteiger partial charge in [-0.1, -0.05) is 23.8 Å². The minimum atomic E-state index is -0.124. The zero-order valence-electron chi connectivity index (χ0n) is 14.6. The Morgan fingerprint density at radius 2 is 2.04 bits per heavy atom. The molecule has 1 aliphatic rings. The van der Waals surface area contributed by atoms with Crippen LogP contribution < -0.4 is 0 Å². The van der Waals surface area contributed by atoms with Crippen molar-refractivity contribution in [3.63, 3.8) is 0 Å². The fraction of sp³-hybridized carbons (Fsp3) is 0.600. The van der Waals surface area contributed by atoms with Crippen LogP contribution in [0.3, 0.4) is 0 Å². The molecule has 3 nitrogen and oxygen atoms in total. The predicted octanol–water partition coefficient (Wildman–Crippen LogP) is 3.68. The van der Waals surface area contributed by atoms with Gasteiger partial charge in [0.1, 0.15) is 5.78 Å². The molecule has 0 aromatic heterocycles. The quantitative estimate of drug-likeness (QED) is 0.805. The van der Waals surface area contributed by atoms with Crippen LogP contribution in [0.15, 0.2) is 18.2 Å². The Hall–Kier alpha value is -1.66. The van der Waals surface area contributed by atoms with Crippen LogP contribution in [-0.2, 0) is 11.2 Å². The second-order valence-electron chi connectivity index (χ2n) is 7.16. The molecule has 1 saturated heterocycles. The highest BCUT2D eigenvalue weighted by molar-refractivity contribution is 5.81. The van der Waals surface area contributed by atoms with Gasteiger partial charge in [-0.15, -0.1) is 0 Å². The summed E-state index contributed by atoms with van der Waals surface area (Å²) in [7, 11) is 2.14. The molecule has 1 unspecified atom stereocenters. The molecule has 124 valence electrons. The number of aryl methyl sites for hydroxylation is 2. The summed E-state index contributed by atoms with van der Waals surface area (Å²) in [4.78, 5) is 14.7. The van der Waals surface area contributed by atoms with Gasteiger partial charge in [-0.05, 0) is 70.3 Å². The molecule has 0 saturated carbocycles. The Morgan fingerprint density at radius 1 is 1.35 bits per heavy atom. The Kier molecular flexibility index (Phi) is 6.36. The van der Waals surface area contributed by atoms with Crippen LogP contribution in [0.5, 0.6) is 0 Å². The number of likely N-dealkylation sites (tertiary alicyclic amines) is 1. The Balaban J connectivity index is 1.87. The van der Waals surface area contributed by atoms with Gasteiger partial charge in [0.2, 0.25) is 0 Å². The van der Waals surface area contributed by atoms with E-state index in [2.05, 4.69) is 36.2 Å². The lowest BCUT2D eigenvalue weighted by Gasteiger charge is -2.29. The lowest BCUT2D eigenvalue weighted by atomic mass is 9.85. The van der Waals surface area contributed by atoms with Gasteiger partial charge in [0.05, 0.1) is 12.0 Å². The molecule has 3 heteroatoms. The van der Waals surface area contributed by atoms with Crippen molar-refractivity contribution < 1.29 is 4.79 Å². The molecule has 1 fully saturated rings. The van der Waals surface area contributed by atoms with Crippen LogP contribution in [0.2, 0.25) is 0 Å². The number of carbonyl (C=O) groups excluding carboxylic acids is 1. The molecule has 2 rings (SSSR count). The Labute approximate surface area is 140 Å². The average molecular weight is 312 g/mol. The summed E-state index contributed by atoms with van der Waals surface area (Å²) in [5, 5.41) is 9.41. The zero-order valence-corrected chi connectivity index (χ0v) is 14.6. The molecule has 0 bridgehead atoms. The number of hydrogen-bond donors (Lipinski definition) is 0. The normalized spacial score (nSPS) is 17.7. The number of rotatable bonds is 6. The predicted molar refractivity (Wildman–Crippen MR) is 93.2 cm³/mol. The smallest absolute Gasteiger partial charge is 0.138 e. The van der Waals surface area contributed by atoms with Crippen LogP contribution in [0.4, 0.5) is 0 Å². The van der Waals surface area contributed by atoms with Gasteiger partial charge in [0, 0.05) is 12.8 Å². The topological polar surface area (TPSA) is 44.1 Å². The first-order valence-electron chi connectivity index (χ1n) is 8.64. The lowest BCUT2D eigenvalue weighted by Crippen LogP contribution is -2.31. The first-order chi connectivity index (χ1) is 11.0. The summed E-state index contributed by atoms with van der Waals surface area (Å²) >= 11 is 0. The summed E-state index contributed by atoms with van der Waals surface area (Å²) < 4.78 is 0. The molecular weight excluding hydrogens is 284 g/mol. The fourth-order valence-corrected chi connectivity index (χ4v) is 3.43. The van der Waals surface area contributed by atoms with E-state index in [-0.39, 0.29) is 11.7 Å². The number of piperidine rings is 1. The third kappa shape index (κ3) is 5.48. The molecule has 0 spiro atoms. The minimum Gasteiger partial charge on any atom is -0.306 e. The van der Waals surface area contributed by atoms with Crippen LogP contribution in [0.25, 0.3) is 0 Å². The third-order valence-corrected chi connectivity index (χ3v) is 5.00. The van der Waals surface area contributed by atoms with E-state index in [1.807, 2.05) is 13.8 Å². The van der Waals surface area contributed by atoms with Crippen LogP contribution in [0, 0.1) is 37.0 Å². The van der Waals surface area contributed by atoms with E-state index in [0.717, 1.165) is 43.5 Å². The third-order valence-electron chi connectivity index (χ3n) is 5.00. The molecular formula is C20H28N2O. The zero-order chi connectivity index (χ0) is 16.8. The van der Waals surface area contributed by atoms with Crippen molar-refractivity contribution in [2.75, 3.05) is 20.1 Å². The Morgan fingerprint density at radius 3 is 2.70 bits per heavy atom. The average Bonchev–Trinajstić information content (AvgIpc) is 2.52. The first kappa shape index (κ1) is 17.7. The van der Waals surface area contributed by atoms with Crippen molar-refractivity contribution in [3.8, 4) is 6.07 Å². The number of Topliss-reactive ketones (excluding diaryl/α,β-unsaturated/α-hetero) is 1. The summed E-state index contributed by atoms with van der Waals surface area (Å²) in [5.41, 5.74) is 3.44. The first-order valence-corrected chi connectivity index (χ1v) is 8.64. The van der Waals surface area contributed by atoms with Crippen LogP contribution in [-0.4, -0.2) is 30.8 Å². The molecule has 1 atom stereocenters. The number of nitrogens with zero attached hydrogens (tertiary/aromatic N) is 2. The summed E-state index contributed by atoms with van der Waals surface area (Å²) in [5.74, 6) is 0.670. The van der Waals surface area contributed by atoms with E-state index in [1.165, 1.54) is 5.56 Å².